The molecule has 0 aliphatic carbocycles. The van der Waals surface area contributed by atoms with Gasteiger partial charge in [-0.3, -0.25) is 4.79 Å². The summed E-state index contributed by atoms with van der Waals surface area (Å²) in [5.74, 6) is 0.206. The summed E-state index contributed by atoms with van der Waals surface area (Å²) in [5.41, 5.74) is 3.41. The maximum atomic E-state index is 12.3. The molecule has 4 heteroatoms. The van der Waals surface area contributed by atoms with Crippen molar-refractivity contribution in [2.45, 2.75) is 26.2 Å². The molecule has 3 nitrogen and oxygen atoms in total. The Balaban J connectivity index is 1.66. The van der Waals surface area contributed by atoms with Crippen LogP contribution in [0.15, 0.2) is 29.6 Å². The number of rotatable bonds is 3. The van der Waals surface area contributed by atoms with Gasteiger partial charge < -0.3 is 4.90 Å². The minimum Gasteiger partial charge on any atom is -0.312 e. The van der Waals surface area contributed by atoms with E-state index < -0.39 is 0 Å². The molecule has 0 unspecified atom stereocenters. The number of hydrogen-bond donors (Lipinski definition) is 0. The molecule has 1 aliphatic rings. The number of aromatic nitrogens is 1. The Morgan fingerprint density at radius 2 is 2.26 bits per heavy atom. The van der Waals surface area contributed by atoms with Gasteiger partial charge in [-0.05, 0) is 25.0 Å². The lowest BCUT2D eigenvalue weighted by Gasteiger charge is -2.16. The molecular formula is C15H16N2OS. The summed E-state index contributed by atoms with van der Waals surface area (Å²) in [6.45, 7) is 2.80. The van der Waals surface area contributed by atoms with Crippen molar-refractivity contribution in [1.82, 2.24) is 4.98 Å². The molecule has 0 saturated heterocycles. The van der Waals surface area contributed by atoms with Crippen LogP contribution in [0.2, 0.25) is 0 Å². The molecule has 0 radical (unpaired) electrons. The van der Waals surface area contributed by atoms with E-state index in [9.17, 15) is 4.79 Å². The van der Waals surface area contributed by atoms with Gasteiger partial charge in [-0.1, -0.05) is 18.2 Å². The molecule has 1 amide bonds. The summed E-state index contributed by atoms with van der Waals surface area (Å²) in [7, 11) is 0. The van der Waals surface area contributed by atoms with E-state index in [0.29, 0.717) is 6.42 Å². The van der Waals surface area contributed by atoms with Crippen molar-refractivity contribution < 1.29 is 4.79 Å². The lowest BCUT2D eigenvalue weighted by Crippen LogP contribution is -2.28. The Kier molecular flexibility index (Phi) is 3.34. The van der Waals surface area contributed by atoms with E-state index in [1.807, 2.05) is 35.4 Å². The lowest BCUT2D eigenvalue weighted by atomic mass is 10.2. The zero-order valence-electron chi connectivity index (χ0n) is 10.9. The summed E-state index contributed by atoms with van der Waals surface area (Å²) in [6.07, 6.45) is 2.26. The smallest absolute Gasteiger partial charge is 0.227 e. The van der Waals surface area contributed by atoms with E-state index in [1.165, 1.54) is 5.56 Å². The van der Waals surface area contributed by atoms with Crippen LogP contribution >= 0.6 is 11.3 Å². The number of anilines is 1. The number of fused-ring (bicyclic) bond motifs is 1. The van der Waals surface area contributed by atoms with Crippen LogP contribution in [-0.4, -0.2) is 17.4 Å². The quantitative estimate of drug-likeness (QED) is 0.860. The second-order valence-electron chi connectivity index (χ2n) is 4.81. The van der Waals surface area contributed by atoms with Crippen molar-refractivity contribution in [1.29, 1.82) is 0 Å². The molecule has 1 aromatic heterocycles. The third-order valence-electron chi connectivity index (χ3n) is 3.41. The fourth-order valence-electron chi connectivity index (χ4n) is 2.46. The van der Waals surface area contributed by atoms with E-state index in [4.69, 9.17) is 0 Å². The molecule has 0 bridgehead atoms. The topological polar surface area (TPSA) is 33.2 Å². The van der Waals surface area contributed by atoms with E-state index in [-0.39, 0.29) is 5.91 Å². The van der Waals surface area contributed by atoms with E-state index in [0.717, 1.165) is 35.8 Å². The van der Waals surface area contributed by atoms with Crippen LogP contribution in [0.1, 0.15) is 22.7 Å². The largest absolute Gasteiger partial charge is 0.312 e. The Labute approximate surface area is 116 Å². The zero-order valence-corrected chi connectivity index (χ0v) is 11.7. The number of carbonyl (C=O) groups is 1. The molecular weight excluding hydrogens is 256 g/mol. The molecule has 98 valence electrons. The van der Waals surface area contributed by atoms with Crippen molar-refractivity contribution in [2.24, 2.45) is 0 Å². The van der Waals surface area contributed by atoms with Crippen LogP contribution in [0.3, 0.4) is 0 Å². The van der Waals surface area contributed by atoms with E-state index >= 15 is 0 Å². The van der Waals surface area contributed by atoms with Gasteiger partial charge in [0, 0.05) is 36.1 Å². The number of aryl methyl sites for hydroxylation is 2. The second kappa shape index (κ2) is 5.13. The molecule has 0 N–H and O–H groups in total. The normalized spacial score (nSPS) is 13.6. The maximum absolute atomic E-state index is 12.3. The third kappa shape index (κ3) is 2.54. The SMILES string of the molecule is Cc1csc(CCC(=O)N2CCc3ccccc32)n1. The van der Waals surface area contributed by atoms with Crippen LogP contribution < -0.4 is 4.90 Å². The lowest BCUT2D eigenvalue weighted by molar-refractivity contribution is -0.118. The van der Waals surface area contributed by atoms with Crippen molar-refractivity contribution >= 4 is 22.9 Å². The molecule has 0 fully saturated rings. The highest BCUT2D eigenvalue weighted by molar-refractivity contribution is 7.09. The van der Waals surface area contributed by atoms with Crippen LogP contribution in [0, 0.1) is 6.92 Å². The molecule has 1 aromatic carbocycles. The summed E-state index contributed by atoms with van der Waals surface area (Å²) in [6, 6.07) is 8.17. The second-order valence-corrected chi connectivity index (χ2v) is 5.75. The number of benzene rings is 1. The summed E-state index contributed by atoms with van der Waals surface area (Å²) < 4.78 is 0. The molecule has 3 rings (SSSR count). The zero-order chi connectivity index (χ0) is 13.2. The number of carbonyl (C=O) groups excluding carboxylic acids is 1. The van der Waals surface area contributed by atoms with Gasteiger partial charge in [0.2, 0.25) is 5.91 Å². The van der Waals surface area contributed by atoms with Crippen molar-refractivity contribution in [3.63, 3.8) is 0 Å². The Morgan fingerprint density at radius 1 is 1.42 bits per heavy atom. The van der Waals surface area contributed by atoms with Gasteiger partial charge in [-0.15, -0.1) is 11.3 Å². The number of para-hydroxylation sites is 1. The van der Waals surface area contributed by atoms with E-state index in [1.54, 1.807) is 11.3 Å². The van der Waals surface area contributed by atoms with Gasteiger partial charge in [0.25, 0.3) is 0 Å². The van der Waals surface area contributed by atoms with Crippen molar-refractivity contribution in [2.75, 3.05) is 11.4 Å². The fourth-order valence-corrected chi connectivity index (χ4v) is 3.24. The van der Waals surface area contributed by atoms with Gasteiger partial charge in [0.15, 0.2) is 0 Å². The van der Waals surface area contributed by atoms with Crippen LogP contribution in [-0.2, 0) is 17.6 Å². The van der Waals surface area contributed by atoms with Crippen molar-refractivity contribution in [3.05, 3.63) is 45.9 Å². The van der Waals surface area contributed by atoms with Gasteiger partial charge in [-0.2, -0.15) is 0 Å². The van der Waals surface area contributed by atoms with E-state index in [2.05, 4.69) is 11.1 Å². The average Bonchev–Trinajstić information content (AvgIpc) is 3.02. The van der Waals surface area contributed by atoms with Gasteiger partial charge in [0.05, 0.1) is 5.01 Å². The molecule has 1 aliphatic heterocycles. The fraction of sp³-hybridized carbons (Fsp3) is 0.333. The van der Waals surface area contributed by atoms with Gasteiger partial charge in [0.1, 0.15) is 0 Å². The monoisotopic (exact) mass is 272 g/mol. The van der Waals surface area contributed by atoms with Gasteiger partial charge in [-0.25, -0.2) is 4.98 Å². The average molecular weight is 272 g/mol. The Hall–Kier alpha value is -1.68. The van der Waals surface area contributed by atoms with Crippen molar-refractivity contribution in [3.8, 4) is 0 Å². The highest BCUT2D eigenvalue weighted by atomic mass is 32.1. The van der Waals surface area contributed by atoms with Gasteiger partial charge >= 0.3 is 0 Å². The first-order valence-electron chi connectivity index (χ1n) is 6.53. The maximum Gasteiger partial charge on any atom is 0.227 e. The Morgan fingerprint density at radius 3 is 3.05 bits per heavy atom. The summed E-state index contributed by atoms with van der Waals surface area (Å²) >= 11 is 1.64. The molecule has 0 spiro atoms. The first-order chi connectivity index (χ1) is 9.24. The number of hydrogen-bond acceptors (Lipinski definition) is 3. The highest BCUT2D eigenvalue weighted by Gasteiger charge is 2.23. The number of nitrogens with zero attached hydrogens (tertiary/aromatic N) is 2. The first-order valence-corrected chi connectivity index (χ1v) is 7.41. The molecule has 2 heterocycles. The van der Waals surface area contributed by atoms with Crippen LogP contribution in [0.4, 0.5) is 5.69 Å². The number of amides is 1. The molecule has 0 atom stereocenters. The Bertz CT molecular complexity index is 606. The predicted molar refractivity (Wildman–Crippen MR) is 77.7 cm³/mol. The molecule has 2 aromatic rings. The van der Waals surface area contributed by atoms with Crippen LogP contribution in [0.25, 0.3) is 0 Å². The minimum atomic E-state index is 0.206. The summed E-state index contributed by atoms with van der Waals surface area (Å²) in [4.78, 5) is 18.6. The minimum absolute atomic E-state index is 0.206. The van der Waals surface area contributed by atoms with Crippen LogP contribution in [0.5, 0.6) is 0 Å². The molecule has 0 saturated carbocycles. The highest BCUT2D eigenvalue weighted by Crippen LogP contribution is 2.28. The predicted octanol–water partition coefficient (Wildman–Crippen LogP) is 2.97. The molecule has 19 heavy (non-hydrogen) atoms. The summed E-state index contributed by atoms with van der Waals surface area (Å²) in [5, 5.41) is 3.09. The number of thiazole rings is 1. The third-order valence-corrected chi connectivity index (χ3v) is 4.43. The standard InChI is InChI=1S/C15H16N2OS/c1-11-10-19-14(16-11)6-7-15(18)17-9-8-12-4-2-3-5-13(12)17/h2-5,10H,6-9H2,1H3. The first kappa shape index (κ1) is 12.4.